The lowest BCUT2D eigenvalue weighted by atomic mass is 10.3. The molecule has 1 heterocycles. The summed E-state index contributed by atoms with van der Waals surface area (Å²) in [5, 5.41) is 7.10. The Balaban J connectivity index is 1.77. The number of nitrogens with zero attached hydrogens (tertiary/aromatic N) is 2. The monoisotopic (exact) mass is 296 g/mol. The third-order valence-corrected chi connectivity index (χ3v) is 3.05. The molecule has 1 aromatic heterocycles. The Hall–Kier alpha value is -2.59. The van der Waals surface area contributed by atoms with E-state index in [2.05, 4.69) is 20.6 Å². The van der Waals surface area contributed by atoms with Crippen LogP contribution in [0.15, 0.2) is 67.0 Å². The van der Waals surface area contributed by atoms with Crippen molar-refractivity contribution in [1.29, 1.82) is 0 Å². The Morgan fingerprint density at radius 1 is 0.714 bits per heavy atom. The van der Waals surface area contributed by atoms with E-state index in [1.165, 1.54) is 6.33 Å². The molecule has 0 saturated heterocycles. The lowest BCUT2D eigenvalue weighted by Crippen LogP contribution is -1.98. The fourth-order valence-corrected chi connectivity index (χ4v) is 2.07. The minimum atomic E-state index is 0.677. The number of benzene rings is 2. The quantitative estimate of drug-likeness (QED) is 0.738. The van der Waals surface area contributed by atoms with Crippen molar-refractivity contribution in [3.63, 3.8) is 0 Å². The van der Waals surface area contributed by atoms with Crippen LogP contribution in [0.3, 0.4) is 0 Å². The molecule has 0 saturated carbocycles. The number of hydrogen-bond acceptors (Lipinski definition) is 4. The standard InChI is InChI=1S/C16H13ClN4/c17-12-5-4-8-14(9-12)21-16-10-15(18-11-19-16)20-13-6-2-1-3-7-13/h1-11H,(H2,18,19,20,21). The maximum atomic E-state index is 5.96. The van der Waals surface area contributed by atoms with Gasteiger partial charge in [0, 0.05) is 22.5 Å². The summed E-state index contributed by atoms with van der Waals surface area (Å²) in [5.41, 5.74) is 1.86. The van der Waals surface area contributed by atoms with Crippen molar-refractivity contribution in [2.75, 3.05) is 10.6 Å². The number of halogens is 1. The van der Waals surface area contributed by atoms with Gasteiger partial charge < -0.3 is 10.6 Å². The average molecular weight is 297 g/mol. The van der Waals surface area contributed by atoms with E-state index in [0.29, 0.717) is 10.8 Å². The van der Waals surface area contributed by atoms with Crippen LogP contribution in [-0.2, 0) is 0 Å². The first kappa shape index (κ1) is 13.4. The van der Waals surface area contributed by atoms with E-state index in [0.717, 1.165) is 17.2 Å². The highest BCUT2D eigenvalue weighted by atomic mass is 35.5. The Labute approximate surface area is 127 Å². The molecule has 0 atom stereocenters. The van der Waals surface area contributed by atoms with Crippen molar-refractivity contribution in [3.8, 4) is 0 Å². The molecule has 2 N–H and O–H groups in total. The van der Waals surface area contributed by atoms with Gasteiger partial charge in [-0.15, -0.1) is 0 Å². The molecule has 0 spiro atoms. The van der Waals surface area contributed by atoms with Gasteiger partial charge in [-0.3, -0.25) is 0 Å². The highest BCUT2D eigenvalue weighted by molar-refractivity contribution is 6.30. The summed E-state index contributed by atoms with van der Waals surface area (Å²) in [5.74, 6) is 1.42. The molecule has 0 aliphatic carbocycles. The third kappa shape index (κ3) is 3.70. The van der Waals surface area contributed by atoms with E-state index < -0.39 is 0 Å². The first-order valence-corrected chi connectivity index (χ1v) is 6.84. The van der Waals surface area contributed by atoms with E-state index in [-0.39, 0.29) is 0 Å². The molecule has 0 unspecified atom stereocenters. The molecule has 0 fully saturated rings. The van der Waals surface area contributed by atoms with Crippen LogP contribution in [0.2, 0.25) is 5.02 Å². The minimum absolute atomic E-state index is 0.677. The molecule has 4 nitrogen and oxygen atoms in total. The van der Waals surface area contributed by atoms with Gasteiger partial charge in [0.15, 0.2) is 0 Å². The van der Waals surface area contributed by atoms with E-state index in [4.69, 9.17) is 11.6 Å². The van der Waals surface area contributed by atoms with Crippen molar-refractivity contribution in [3.05, 3.63) is 72.0 Å². The topological polar surface area (TPSA) is 49.8 Å². The smallest absolute Gasteiger partial charge is 0.135 e. The molecule has 3 aromatic rings. The largest absolute Gasteiger partial charge is 0.340 e. The molecule has 0 amide bonds. The summed E-state index contributed by atoms with van der Waals surface area (Å²) in [4.78, 5) is 8.41. The van der Waals surface area contributed by atoms with Gasteiger partial charge in [-0.2, -0.15) is 0 Å². The highest BCUT2D eigenvalue weighted by Crippen LogP contribution is 2.21. The lowest BCUT2D eigenvalue weighted by molar-refractivity contribution is 1.17. The molecule has 104 valence electrons. The molecule has 21 heavy (non-hydrogen) atoms. The normalized spacial score (nSPS) is 10.1. The number of hydrogen-bond donors (Lipinski definition) is 2. The first-order valence-electron chi connectivity index (χ1n) is 6.46. The van der Waals surface area contributed by atoms with Gasteiger partial charge in [0.1, 0.15) is 18.0 Å². The van der Waals surface area contributed by atoms with Crippen molar-refractivity contribution in [2.24, 2.45) is 0 Å². The molecular formula is C16H13ClN4. The number of nitrogens with one attached hydrogen (secondary N) is 2. The zero-order valence-corrected chi connectivity index (χ0v) is 11.9. The van der Waals surface area contributed by atoms with Crippen LogP contribution in [-0.4, -0.2) is 9.97 Å². The van der Waals surface area contributed by atoms with E-state index >= 15 is 0 Å². The molecule has 3 rings (SSSR count). The first-order chi connectivity index (χ1) is 10.3. The molecular weight excluding hydrogens is 284 g/mol. The van der Waals surface area contributed by atoms with Crippen LogP contribution >= 0.6 is 11.6 Å². The number of rotatable bonds is 4. The maximum Gasteiger partial charge on any atom is 0.135 e. The Kier molecular flexibility index (Phi) is 3.98. The third-order valence-electron chi connectivity index (χ3n) is 2.81. The fourth-order valence-electron chi connectivity index (χ4n) is 1.88. The SMILES string of the molecule is Clc1cccc(Nc2cc(Nc3ccccc3)ncn2)c1. The maximum absolute atomic E-state index is 5.96. The average Bonchev–Trinajstić information content (AvgIpc) is 2.49. The van der Waals surface area contributed by atoms with Crippen LogP contribution in [0, 0.1) is 0 Å². The van der Waals surface area contributed by atoms with Crippen LogP contribution in [0.4, 0.5) is 23.0 Å². The number of aromatic nitrogens is 2. The second-order valence-corrected chi connectivity index (χ2v) is 4.85. The zero-order chi connectivity index (χ0) is 14.5. The van der Waals surface area contributed by atoms with Crippen LogP contribution in [0.1, 0.15) is 0 Å². The molecule has 0 aliphatic heterocycles. The molecule has 0 aliphatic rings. The summed E-state index contributed by atoms with van der Waals surface area (Å²) in [6.45, 7) is 0. The zero-order valence-electron chi connectivity index (χ0n) is 11.1. The molecule has 0 bridgehead atoms. The summed E-state index contributed by atoms with van der Waals surface area (Å²) < 4.78 is 0. The summed E-state index contributed by atoms with van der Waals surface area (Å²) >= 11 is 5.96. The van der Waals surface area contributed by atoms with Gasteiger partial charge in [0.25, 0.3) is 0 Å². The Morgan fingerprint density at radius 2 is 1.38 bits per heavy atom. The van der Waals surface area contributed by atoms with E-state index in [1.807, 2.05) is 60.7 Å². The molecule has 2 aromatic carbocycles. The van der Waals surface area contributed by atoms with Crippen LogP contribution in [0.25, 0.3) is 0 Å². The minimum Gasteiger partial charge on any atom is -0.340 e. The van der Waals surface area contributed by atoms with Crippen molar-refractivity contribution in [1.82, 2.24) is 9.97 Å². The van der Waals surface area contributed by atoms with Gasteiger partial charge in [-0.25, -0.2) is 9.97 Å². The Bertz CT molecular complexity index is 731. The van der Waals surface area contributed by atoms with Gasteiger partial charge in [0.05, 0.1) is 0 Å². The second-order valence-electron chi connectivity index (χ2n) is 4.41. The van der Waals surface area contributed by atoms with E-state index in [9.17, 15) is 0 Å². The van der Waals surface area contributed by atoms with Gasteiger partial charge >= 0.3 is 0 Å². The summed E-state index contributed by atoms with van der Waals surface area (Å²) in [6, 6.07) is 19.2. The molecule has 5 heteroatoms. The predicted molar refractivity (Wildman–Crippen MR) is 86.5 cm³/mol. The van der Waals surface area contributed by atoms with E-state index in [1.54, 1.807) is 0 Å². The van der Waals surface area contributed by atoms with Gasteiger partial charge in [0.2, 0.25) is 0 Å². The van der Waals surface area contributed by atoms with Crippen molar-refractivity contribution < 1.29 is 0 Å². The second kappa shape index (κ2) is 6.24. The predicted octanol–water partition coefficient (Wildman–Crippen LogP) is 4.62. The highest BCUT2D eigenvalue weighted by Gasteiger charge is 2.01. The fraction of sp³-hybridized carbons (Fsp3) is 0. The van der Waals surface area contributed by atoms with Crippen LogP contribution < -0.4 is 10.6 Å². The van der Waals surface area contributed by atoms with Crippen molar-refractivity contribution >= 4 is 34.6 Å². The van der Waals surface area contributed by atoms with Crippen LogP contribution in [0.5, 0.6) is 0 Å². The molecule has 0 radical (unpaired) electrons. The van der Waals surface area contributed by atoms with Gasteiger partial charge in [-0.05, 0) is 30.3 Å². The Morgan fingerprint density at radius 3 is 2.10 bits per heavy atom. The van der Waals surface area contributed by atoms with Crippen molar-refractivity contribution in [2.45, 2.75) is 0 Å². The van der Waals surface area contributed by atoms with Gasteiger partial charge in [-0.1, -0.05) is 35.9 Å². The lowest BCUT2D eigenvalue weighted by Gasteiger charge is -2.08. The number of anilines is 4. The summed E-state index contributed by atoms with van der Waals surface area (Å²) in [6.07, 6.45) is 1.51. The summed E-state index contributed by atoms with van der Waals surface area (Å²) in [7, 11) is 0. The number of para-hydroxylation sites is 1.